The summed E-state index contributed by atoms with van der Waals surface area (Å²) in [5.74, 6) is 0.419. The zero-order chi connectivity index (χ0) is 20.4. The minimum Gasteiger partial charge on any atom is -0.483 e. The van der Waals surface area contributed by atoms with Gasteiger partial charge in [0.1, 0.15) is 12.1 Å². The lowest BCUT2D eigenvalue weighted by Gasteiger charge is -2.25. The van der Waals surface area contributed by atoms with Gasteiger partial charge in [0.2, 0.25) is 11.9 Å². The van der Waals surface area contributed by atoms with E-state index in [1.54, 1.807) is 22.9 Å². The average molecular weight is 412 g/mol. The van der Waals surface area contributed by atoms with Crippen LogP contribution in [0.15, 0.2) is 48.8 Å². The van der Waals surface area contributed by atoms with Gasteiger partial charge in [0, 0.05) is 16.3 Å². The van der Waals surface area contributed by atoms with Crippen molar-refractivity contribution in [3.63, 3.8) is 0 Å². The summed E-state index contributed by atoms with van der Waals surface area (Å²) in [6, 6.07) is 12.2. The smallest absolute Gasteiger partial charge is 0.262 e. The molecule has 29 heavy (non-hydrogen) atoms. The van der Waals surface area contributed by atoms with Crippen molar-refractivity contribution in [3.05, 3.63) is 64.9 Å². The molecule has 4 rings (SSSR count). The van der Waals surface area contributed by atoms with Crippen molar-refractivity contribution in [3.8, 4) is 5.75 Å². The van der Waals surface area contributed by atoms with Crippen LogP contribution in [-0.2, 0) is 9.59 Å². The van der Waals surface area contributed by atoms with Gasteiger partial charge in [-0.15, -0.1) is 0 Å². The maximum atomic E-state index is 12.3. The molecule has 1 aliphatic rings. The Kier molecular flexibility index (Phi) is 5.18. The topological polar surface area (TPSA) is 98.1 Å². The molecular formula is C20H18ClN5O3. The molecule has 0 saturated heterocycles. The third kappa shape index (κ3) is 4.07. The summed E-state index contributed by atoms with van der Waals surface area (Å²) >= 11 is 6.09. The van der Waals surface area contributed by atoms with E-state index in [1.165, 1.54) is 6.33 Å². The predicted molar refractivity (Wildman–Crippen MR) is 108 cm³/mol. The lowest BCUT2D eigenvalue weighted by molar-refractivity contribution is -0.118. The normalized spacial score (nSPS) is 15.4. The average Bonchev–Trinajstić information content (AvgIpc) is 3.17. The van der Waals surface area contributed by atoms with Gasteiger partial charge < -0.3 is 10.1 Å². The molecule has 1 atom stereocenters. The Morgan fingerprint density at radius 3 is 3.00 bits per heavy atom. The van der Waals surface area contributed by atoms with E-state index in [-0.39, 0.29) is 30.9 Å². The molecule has 0 aliphatic carbocycles. The number of aryl methyl sites for hydroxylation is 1. The van der Waals surface area contributed by atoms with Crippen molar-refractivity contribution < 1.29 is 14.3 Å². The molecule has 0 bridgehead atoms. The zero-order valence-corrected chi connectivity index (χ0v) is 16.3. The van der Waals surface area contributed by atoms with Crippen LogP contribution in [0.2, 0.25) is 5.02 Å². The second-order valence-electron chi connectivity index (χ2n) is 6.63. The first-order valence-electron chi connectivity index (χ1n) is 8.98. The summed E-state index contributed by atoms with van der Waals surface area (Å²) < 4.78 is 7.40. The molecule has 2 heterocycles. The molecule has 0 radical (unpaired) electrons. The maximum absolute atomic E-state index is 12.3. The highest BCUT2D eigenvalue weighted by Gasteiger charge is 2.29. The van der Waals surface area contributed by atoms with Crippen molar-refractivity contribution in [1.29, 1.82) is 0 Å². The molecule has 0 fully saturated rings. The number of hydrogen-bond acceptors (Lipinski definition) is 5. The molecule has 1 unspecified atom stereocenters. The number of rotatable bonds is 5. The molecule has 9 heteroatoms. The predicted octanol–water partition coefficient (Wildman–Crippen LogP) is 3.19. The maximum Gasteiger partial charge on any atom is 0.262 e. The number of amides is 2. The summed E-state index contributed by atoms with van der Waals surface area (Å²) in [6.07, 6.45) is 1.59. The number of para-hydroxylation sites is 1. The van der Waals surface area contributed by atoms with Crippen LogP contribution in [0.1, 0.15) is 23.6 Å². The highest BCUT2D eigenvalue weighted by molar-refractivity contribution is 6.31. The van der Waals surface area contributed by atoms with E-state index >= 15 is 0 Å². The Bertz CT molecular complexity index is 1080. The van der Waals surface area contributed by atoms with E-state index < -0.39 is 0 Å². The molecule has 2 aromatic carbocycles. The highest BCUT2D eigenvalue weighted by Crippen LogP contribution is 2.34. The lowest BCUT2D eigenvalue weighted by Crippen LogP contribution is -2.29. The molecule has 1 aliphatic heterocycles. The second-order valence-corrected chi connectivity index (χ2v) is 7.04. The van der Waals surface area contributed by atoms with Gasteiger partial charge in [0.25, 0.3) is 5.91 Å². The number of anilines is 2. The number of nitrogens with one attached hydrogen (secondary N) is 2. The first-order chi connectivity index (χ1) is 14.0. The number of benzene rings is 2. The first kappa shape index (κ1) is 18.9. The lowest BCUT2D eigenvalue weighted by atomic mass is 10.0. The first-order valence-corrected chi connectivity index (χ1v) is 9.36. The molecule has 3 aromatic rings. The van der Waals surface area contributed by atoms with Crippen molar-refractivity contribution in [2.45, 2.75) is 19.4 Å². The minimum absolute atomic E-state index is 0.153. The Balaban J connectivity index is 1.49. The molecule has 0 spiro atoms. The van der Waals surface area contributed by atoms with Gasteiger partial charge in [0.15, 0.2) is 6.61 Å². The number of carbonyl (C=O) groups is 2. The number of carbonyl (C=O) groups excluding carboxylic acids is 2. The summed E-state index contributed by atoms with van der Waals surface area (Å²) in [5, 5.41) is 10.2. The molecule has 148 valence electrons. The Hall–Kier alpha value is -3.39. The van der Waals surface area contributed by atoms with Crippen LogP contribution in [0.3, 0.4) is 0 Å². The van der Waals surface area contributed by atoms with Gasteiger partial charge in [-0.05, 0) is 30.7 Å². The number of fused-ring (bicyclic) bond motifs is 1. The molecule has 2 amide bonds. The van der Waals surface area contributed by atoms with Gasteiger partial charge in [-0.25, -0.2) is 4.68 Å². The molecule has 8 nitrogen and oxygen atoms in total. The van der Waals surface area contributed by atoms with E-state index in [0.29, 0.717) is 22.4 Å². The van der Waals surface area contributed by atoms with Gasteiger partial charge in [-0.3, -0.25) is 14.9 Å². The van der Waals surface area contributed by atoms with Gasteiger partial charge in [-0.2, -0.15) is 10.1 Å². The third-order valence-electron chi connectivity index (χ3n) is 4.59. The van der Waals surface area contributed by atoms with E-state index in [9.17, 15) is 9.59 Å². The number of hydrogen-bond donors (Lipinski definition) is 2. The van der Waals surface area contributed by atoms with Crippen LogP contribution >= 0.6 is 11.6 Å². The monoisotopic (exact) mass is 411 g/mol. The molecule has 2 N–H and O–H groups in total. The van der Waals surface area contributed by atoms with Crippen LogP contribution in [0.4, 0.5) is 11.6 Å². The van der Waals surface area contributed by atoms with E-state index in [4.69, 9.17) is 16.3 Å². The van der Waals surface area contributed by atoms with Gasteiger partial charge >= 0.3 is 0 Å². The largest absolute Gasteiger partial charge is 0.483 e. The third-order valence-corrected chi connectivity index (χ3v) is 5.00. The van der Waals surface area contributed by atoms with Crippen molar-refractivity contribution in [1.82, 2.24) is 14.8 Å². The number of nitrogens with zero attached hydrogens (tertiary/aromatic N) is 3. The van der Waals surface area contributed by atoms with Gasteiger partial charge in [-0.1, -0.05) is 35.9 Å². The number of ether oxygens (including phenoxy) is 1. The van der Waals surface area contributed by atoms with Crippen LogP contribution in [0.5, 0.6) is 5.75 Å². The quantitative estimate of drug-likeness (QED) is 0.671. The fourth-order valence-electron chi connectivity index (χ4n) is 3.15. The summed E-state index contributed by atoms with van der Waals surface area (Å²) in [6.45, 7) is 1.70. The van der Waals surface area contributed by atoms with E-state index in [2.05, 4.69) is 20.7 Å². The second kappa shape index (κ2) is 7.92. The summed E-state index contributed by atoms with van der Waals surface area (Å²) in [7, 11) is 0. The Morgan fingerprint density at radius 1 is 1.34 bits per heavy atom. The van der Waals surface area contributed by atoms with Crippen LogP contribution in [0, 0.1) is 6.92 Å². The van der Waals surface area contributed by atoms with E-state index in [1.807, 2.05) is 31.2 Å². The van der Waals surface area contributed by atoms with Crippen LogP contribution in [0.25, 0.3) is 0 Å². The van der Waals surface area contributed by atoms with Crippen LogP contribution in [-0.4, -0.2) is 33.2 Å². The fourth-order valence-corrected chi connectivity index (χ4v) is 3.33. The van der Waals surface area contributed by atoms with Crippen LogP contribution < -0.4 is 15.4 Å². The molecule has 0 saturated carbocycles. The molecular weight excluding hydrogens is 394 g/mol. The standard InChI is InChI=1S/C20H18ClN5O3/c1-12-6-7-13(8-15(12)21)24-19(28)10-29-17-5-3-2-4-14(17)16-9-18(27)25-20-22-11-23-26(16)20/h2-8,11,16H,9-10H2,1H3,(H,24,28)(H,22,23,25,27). The highest BCUT2D eigenvalue weighted by atomic mass is 35.5. The number of halogens is 1. The van der Waals surface area contributed by atoms with Crippen molar-refractivity contribution >= 4 is 35.1 Å². The SMILES string of the molecule is Cc1ccc(NC(=O)COc2ccccc2C2CC(=O)Nc3ncnn32)cc1Cl. The van der Waals surface area contributed by atoms with Crippen molar-refractivity contribution in [2.75, 3.05) is 17.2 Å². The van der Waals surface area contributed by atoms with E-state index in [0.717, 1.165) is 11.1 Å². The minimum atomic E-state index is -0.364. The van der Waals surface area contributed by atoms with Gasteiger partial charge in [0.05, 0.1) is 12.5 Å². The fraction of sp³-hybridized carbons (Fsp3) is 0.200. The Morgan fingerprint density at radius 2 is 2.17 bits per heavy atom. The summed E-state index contributed by atoms with van der Waals surface area (Å²) in [4.78, 5) is 28.4. The zero-order valence-electron chi connectivity index (χ0n) is 15.6. The Labute approximate surface area is 171 Å². The van der Waals surface area contributed by atoms with Crippen molar-refractivity contribution in [2.24, 2.45) is 0 Å². The summed E-state index contributed by atoms with van der Waals surface area (Å²) in [5.41, 5.74) is 2.28. The molecule has 1 aromatic heterocycles. The number of aromatic nitrogens is 3.